The van der Waals surface area contributed by atoms with E-state index in [1.807, 2.05) is 36.4 Å². The minimum absolute atomic E-state index is 0.140. The second kappa shape index (κ2) is 8.12. The summed E-state index contributed by atoms with van der Waals surface area (Å²) in [6, 6.07) is 18.3. The molecule has 0 aliphatic rings. The van der Waals surface area contributed by atoms with E-state index >= 15 is 0 Å². The van der Waals surface area contributed by atoms with E-state index in [1.54, 1.807) is 18.2 Å². The fourth-order valence-electron chi connectivity index (χ4n) is 2.82. The van der Waals surface area contributed by atoms with Crippen LogP contribution in [0.4, 0.5) is 11.5 Å². The molecule has 0 saturated heterocycles. The predicted octanol–water partition coefficient (Wildman–Crippen LogP) is 4.10. The largest absolute Gasteiger partial charge is 0.487 e. The van der Waals surface area contributed by atoms with Crippen molar-refractivity contribution in [1.82, 2.24) is 15.2 Å². The molecule has 8 heteroatoms. The maximum atomic E-state index is 11.3. The molecule has 0 unspecified atom stereocenters. The van der Waals surface area contributed by atoms with Gasteiger partial charge >= 0.3 is 0 Å². The molecule has 7 nitrogen and oxygen atoms in total. The molecule has 0 aliphatic heterocycles. The van der Waals surface area contributed by atoms with Gasteiger partial charge in [-0.2, -0.15) is 0 Å². The van der Waals surface area contributed by atoms with Crippen LogP contribution in [0.3, 0.4) is 0 Å². The summed E-state index contributed by atoms with van der Waals surface area (Å²) in [6.45, 7) is 0.178. The number of nitrogens with one attached hydrogen (secondary N) is 1. The smallest absolute Gasteiger partial charge is 0.267 e. The van der Waals surface area contributed by atoms with Crippen LogP contribution in [0, 0.1) is 0 Å². The van der Waals surface area contributed by atoms with Gasteiger partial charge in [-0.3, -0.25) is 9.78 Å². The number of aromatic nitrogens is 3. The summed E-state index contributed by atoms with van der Waals surface area (Å²) in [5.74, 6) is 0.493. The quantitative estimate of drug-likeness (QED) is 0.500. The van der Waals surface area contributed by atoms with Crippen molar-refractivity contribution < 1.29 is 9.53 Å². The van der Waals surface area contributed by atoms with Crippen molar-refractivity contribution in [2.75, 3.05) is 5.32 Å². The summed E-state index contributed by atoms with van der Waals surface area (Å²) in [5, 5.41) is 14.4. The number of pyridine rings is 1. The molecule has 0 radical (unpaired) electrons. The number of anilines is 2. The molecule has 4 aromatic rings. The first kappa shape index (κ1) is 18.6. The molecular formula is C21H16ClN5O2. The lowest BCUT2D eigenvalue weighted by molar-refractivity contribution is 0.0995. The number of carbonyl (C=O) groups excluding carboxylic acids is 1. The van der Waals surface area contributed by atoms with Crippen molar-refractivity contribution in [1.29, 1.82) is 0 Å². The van der Waals surface area contributed by atoms with E-state index in [4.69, 9.17) is 22.1 Å². The first-order valence-electron chi connectivity index (χ1n) is 8.76. The van der Waals surface area contributed by atoms with E-state index in [2.05, 4.69) is 20.5 Å². The van der Waals surface area contributed by atoms with Gasteiger partial charge in [0.05, 0.1) is 0 Å². The first-order chi connectivity index (χ1) is 14.1. The Balaban J connectivity index is 1.60. The first-order valence-corrected chi connectivity index (χ1v) is 9.13. The standard InChI is InChI=1S/C21H16ClN5O2/c22-13-5-7-14(8-6-13)25-21-17-4-2-1-3-16(17)19(26-27-21)12-29-15-9-10-24-18(11-15)20(23)28/h1-11H,12H2,(H2,23,28)(H,25,27). The van der Waals surface area contributed by atoms with Crippen LogP contribution in [0.15, 0.2) is 66.9 Å². The third kappa shape index (κ3) is 4.25. The van der Waals surface area contributed by atoms with Crippen molar-refractivity contribution in [2.45, 2.75) is 6.61 Å². The molecule has 29 heavy (non-hydrogen) atoms. The zero-order valence-corrected chi connectivity index (χ0v) is 15.9. The highest BCUT2D eigenvalue weighted by Gasteiger charge is 2.11. The van der Waals surface area contributed by atoms with E-state index in [0.717, 1.165) is 16.5 Å². The lowest BCUT2D eigenvalue weighted by atomic mass is 10.1. The Morgan fingerprint density at radius 2 is 1.79 bits per heavy atom. The molecule has 0 spiro atoms. The molecular weight excluding hydrogens is 390 g/mol. The molecule has 4 rings (SSSR count). The van der Waals surface area contributed by atoms with Crippen molar-refractivity contribution >= 4 is 39.8 Å². The second-order valence-corrected chi connectivity index (χ2v) is 6.64. The number of nitrogens with two attached hydrogens (primary N) is 1. The van der Waals surface area contributed by atoms with Crippen LogP contribution in [-0.2, 0) is 6.61 Å². The molecule has 2 aromatic carbocycles. The summed E-state index contributed by atoms with van der Waals surface area (Å²) in [6.07, 6.45) is 1.47. The van der Waals surface area contributed by atoms with Gasteiger partial charge in [-0.1, -0.05) is 35.9 Å². The van der Waals surface area contributed by atoms with Gasteiger partial charge in [-0.05, 0) is 30.3 Å². The molecule has 144 valence electrons. The van der Waals surface area contributed by atoms with Crippen LogP contribution in [0.2, 0.25) is 5.02 Å². The molecule has 0 aliphatic carbocycles. The number of benzene rings is 2. The molecule has 0 atom stereocenters. The number of halogens is 1. The Morgan fingerprint density at radius 3 is 2.55 bits per heavy atom. The SMILES string of the molecule is NC(=O)c1cc(OCc2nnc(Nc3ccc(Cl)cc3)c3ccccc23)ccn1. The summed E-state index contributed by atoms with van der Waals surface area (Å²) in [4.78, 5) is 15.2. The predicted molar refractivity (Wildman–Crippen MR) is 111 cm³/mol. The number of fused-ring (bicyclic) bond motifs is 1. The highest BCUT2D eigenvalue weighted by atomic mass is 35.5. The number of primary amides is 1. The van der Waals surface area contributed by atoms with Gasteiger partial charge in [0, 0.05) is 33.7 Å². The Kier molecular flexibility index (Phi) is 5.22. The summed E-state index contributed by atoms with van der Waals surface area (Å²) < 4.78 is 5.78. The third-order valence-corrected chi connectivity index (χ3v) is 4.48. The van der Waals surface area contributed by atoms with E-state index in [9.17, 15) is 4.79 Å². The van der Waals surface area contributed by atoms with Crippen molar-refractivity contribution in [3.8, 4) is 5.75 Å². The molecule has 2 aromatic heterocycles. The minimum atomic E-state index is -0.613. The lowest BCUT2D eigenvalue weighted by Crippen LogP contribution is -2.13. The maximum absolute atomic E-state index is 11.3. The van der Waals surface area contributed by atoms with Gasteiger partial charge in [0.2, 0.25) is 0 Å². The maximum Gasteiger partial charge on any atom is 0.267 e. The van der Waals surface area contributed by atoms with E-state index in [1.165, 1.54) is 12.3 Å². The monoisotopic (exact) mass is 405 g/mol. The zero-order valence-electron chi connectivity index (χ0n) is 15.2. The van der Waals surface area contributed by atoms with Gasteiger partial charge in [0.15, 0.2) is 5.82 Å². The van der Waals surface area contributed by atoms with Gasteiger partial charge in [-0.25, -0.2) is 0 Å². The Labute approximate surface area is 171 Å². The van der Waals surface area contributed by atoms with Crippen LogP contribution in [0.25, 0.3) is 10.8 Å². The molecule has 3 N–H and O–H groups in total. The normalized spacial score (nSPS) is 10.7. The zero-order chi connectivity index (χ0) is 20.2. The highest BCUT2D eigenvalue weighted by molar-refractivity contribution is 6.30. The van der Waals surface area contributed by atoms with Gasteiger partial charge in [-0.15, -0.1) is 10.2 Å². The van der Waals surface area contributed by atoms with Gasteiger partial charge < -0.3 is 15.8 Å². The Morgan fingerprint density at radius 1 is 1.03 bits per heavy atom. The third-order valence-electron chi connectivity index (χ3n) is 4.23. The number of nitrogens with zero attached hydrogens (tertiary/aromatic N) is 3. The van der Waals surface area contributed by atoms with E-state index in [0.29, 0.717) is 22.3 Å². The van der Waals surface area contributed by atoms with Crippen molar-refractivity contribution in [3.63, 3.8) is 0 Å². The number of carbonyl (C=O) groups is 1. The number of hydrogen-bond donors (Lipinski definition) is 2. The number of ether oxygens (including phenoxy) is 1. The van der Waals surface area contributed by atoms with Crippen LogP contribution < -0.4 is 15.8 Å². The van der Waals surface area contributed by atoms with Crippen LogP contribution in [0.1, 0.15) is 16.2 Å². The molecule has 0 bridgehead atoms. The van der Waals surface area contributed by atoms with Gasteiger partial charge in [0.25, 0.3) is 5.91 Å². The van der Waals surface area contributed by atoms with Crippen LogP contribution in [0.5, 0.6) is 5.75 Å². The number of amides is 1. The fourth-order valence-corrected chi connectivity index (χ4v) is 2.94. The minimum Gasteiger partial charge on any atom is -0.487 e. The average molecular weight is 406 g/mol. The van der Waals surface area contributed by atoms with Crippen LogP contribution >= 0.6 is 11.6 Å². The lowest BCUT2D eigenvalue weighted by Gasteiger charge is -2.12. The van der Waals surface area contributed by atoms with E-state index < -0.39 is 5.91 Å². The summed E-state index contributed by atoms with van der Waals surface area (Å²) in [7, 11) is 0. The average Bonchev–Trinajstić information content (AvgIpc) is 2.75. The summed E-state index contributed by atoms with van der Waals surface area (Å²) in [5.41, 5.74) is 6.92. The topological polar surface area (TPSA) is 103 Å². The number of hydrogen-bond acceptors (Lipinski definition) is 6. The molecule has 0 saturated carbocycles. The van der Waals surface area contributed by atoms with Crippen molar-refractivity contribution in [3.05, 3.63) is 83.3 Å². The second-order valence-electron chi connectivity index (χ2n) is 6.20. The Hall–Kier alpha value is -3.71. The highest BCUT2D eigenvalue weighted by Crippen LogP contribution is 2.27. The van der Waals surface area contributed by atoms with Gasteiger partial charge in [0.1, 0.15) is 23.7 Å². The fraction of sp³-hybridized carbons (Fsp3) is 0.0476. The van der Waals surface area contributed by atoms with Crippen LogP contribution in [-0.4, -0.2) is 21.1 Å². The molecule has 0 fully saturated rings. The molecule has 2 heterocycles. The summed E-state index contributed by atoms with van der Waals surface area (Å²) >= 11 is 5.94. The van der Waals surface area contributed by atoms with Crippen molar-refractivity contribution in [2.24, 2.45) is 5.73 Å². The number of rotatable bonds is 6. The van der Waals surface area contributed by atoms with E-state index in [-0.39, 0.29) is 12.3 Å². The molecule has 1 amide bonds. The Bertz CT molecular complexity index is 1180.